The Morgan fingerprint density at radius 2 is 1.94 bits per heavy atom. The van der Waals surface area contributed by atoms with E-state index in [-0.39, 0.29) is 0 Å². The molecule has 0 saturated carbocycles. The van der Waals surface area contributed by atoms with Crippen molar-refractivity contribution in [3.8, 4) is 0 Å². The lowest BCUT2D eigenvalue weighted by Crippen LogP contribution is -1.92. The highest BCUT2D eigenvalue weighted by atomic mass is 15.0. The van der Waals surface area contributed by atoms with Gasteiger partial charge in [-0.25, -0.2) is 0 Å². The molecule has 1 aromatic carbocycles. The maximum absolute atomic E-state index is 4.52. The molecule has 0 amide bonds. The zero-order valence-electron chi connectivity index (χ0n) is 9.57. The van der Waals surface area contributed by atoms with Crippen LogP contribution < -0.4 is 0 Å². The summed E-state index contributed by atoms with van der Waals surface area (Å²) < 4.78 is 2.32. The van der Waals surface area contributed by atoms with E-state index < -0.39 is 0 Å². The van der Waals surface area contributed by atoms with Crippen LogP contribution in [0.5, 0.6) is 0 Å². The molecule has 0 unspecified atom stereocenters. The van der Waals surface area contributed by atoms with Crippen LogP contribution in [0.3, 0.4) is 0 Å². The maximum atomic E-state index is 4.52. The van der Waals surface area contributed by atoms with Crippen molar-refractivity contribution in [2.24, 2.45) is 0 Å². The lowest BCUT2D eigenvalue weighted by Gasteiger charge is -2.02. The van der Waals surface area contributed by atoms with Crippen LogP contribution in [0.2, 0.25) is 0 Å². The van der Waals surface area contributed by atoms with Crippen LogP contribution in [0, 0.1) is 6.92 Å². The molecule has 0 saturated heterocycles. The molecule has 0 fully saturated rings. The summed E-state index contributed by atoms with van der Waals surface area (Å²) in [6, 6.07) is 10.6. The first kappa shape index (κ1) is 9.40. The fourth-order valence-electron chi connectivity index (χ4n) is 2.46. The van der Waals surface area contributed by atoms with Gasteiger partial charge in [0.15, 0.2) is 0 Å². The van der Waals surface area contributed by atoms with Gasteiger partial charge in [-0.2, -0.15) is 0 Å². The molecule has 0 atom stereocenters. The Balaban J connectivity index is 2.64. The summed E-state index contributed by atoms with van der Waals surface area (Å²) in [6.07, 6.45) is 1.87. The number of benzene rings is 1. The van der Waals surface area contributed by atoms with Crippen molar-refractivity contribution in [2.45, 2.75) is 20.4 Å². The first-order valence-corrected chi connectivity index (χ1v) is 5.65. The third kappa shape index (κ3) is 1.10. The van der Waals surface area contributed by atoms with Crippen molar-refractivity contribution >= 4 is 21.9 Å². The van der Waals surface area contributed by atoms with Gasteiger partial charge in [0.25, 0.3) is 0 Å². The van der Waals surface area contributed by atoms with Crippen molar-refractivity contribution in [3.05, 3.63) is 42.1 Å². The van der Waals surface area contributed by atoms with Gasteiger partial charge in [-0.05, 0) is 37.6 Å². The fourth-order valence-corrected chi connectivity index (χ4v) is 2.46. The predicted molar refractivity (Wildman–Crippen MR) is 67.7 cm³/mol. The second-order valence-electron chi connectivity index (χ2n) is 4.08. The molecule has 0 bridgehead atoms. The number of aromatic nitrogens is 2. The van der Waals surface area contributed by atoms with Crippen LogP contribution in [-0.4, -0.2) is 9.55 Å². The van der Waals surface area contributed by atoms with Gasteiger partial charge in [-0.15, -0.1) is 0 Å². The van der Waals surface area contributed by atoms with Gasteiger partial charge >= 0.3 is 0 Å². The molecule has 2 aromatic heterocycles. The summed E-state index contributed by atoms with van der Waals surface area (Å²) in [5.74, 6) is 0. The largest absolute Gasteiger partial charge is 0.339 e. The molecule has 3 rings (SSSR count). The minimum Gasteiger partial charge on any atom is -0.339 e. The second-order valence-corrected chi connectivity index (χ2v) is 4.08. The van der Waals surface area contributed by atoms with Gasteiger partial charge in [0.1, 0.15) is 0 Å². The van der Waals surface area contributed by atoms with Crippen LogP contribution in [0.4, 0.5) is 0 Å². The molecular formula is C14H14N2. The molecule has 2 heterocycles. The van der Waals surface area contributed by atoms with Gasteiger partial charge in [0.2, 0.25) is 0 Å². The summed E-state index contributed by atoms with van der Waals surface area (Å²) in [5, 5.41) is 1.29. The normalized spacial score (nSPS) is 11.4. The van der Waals surface area contributed by atoms with E-state index in [1.807, 2.05) is 12.3 Å². The van der Waals surface area contributed by atoms with Gasteiger partial charge < -0.3 is 4.57 Å². The lowest BCUT2D eigenvalue weighted by molar-refractivity contribution is 0.826. The minimum atomic E-state index is 0.981. The first-order chi connectivity index (χ1) is 7.83. The minimum absolute atomic E-state index is 0.981. The van der Waals surface area contributed by atoms with E-state index in [1.165, 1.54) is 22.0 Å². The molecule has 0 radical (unpaired) electrons. The van der Waals surface area contributed by atoms with Crippen molar-refractivity contribution in [3.63, 3.8) is 0 Å². The van der Waals surface area contributed by atoms with Crippen molar-refractivity contribution in [2.75, 3.05) is 0 Å². The van der Waals surface area contributed by atoms with Crippen molar-refractivity contribution in [1.29, 1.82) is 0 Å². The SMILES string of the molecule is CCn1c2cccnc2c2c(C)cccc21. The average Bonchev–Trinajstić information content (AvgIpc) is 2.64. The lowest BCUT2D eigenvalue weighted by atomic mass is 10.1. The third-order valence-electron chi connectivity index (χ3n) is 3.17. The Morgan fingerprint density at radius 3 is 2.75 bits per heavy atom. The van der Waals surface area contributed by atoms with E-state index in [1.54, 1.807) is 0 Å². The molecule has 2 heteroatoms. The zero-order chi connectivity index (χ0) is 11.1. The number of rotatable bonds is 1. The molecule has 0 aliphatic rings. The molecule has 16 heavy (non-hydrogen) atoms. The van der Waals surface area contributed by atoms with Crippen molar-refractivity contribution in [1.82, 2.24) is 9.55 Å². The van der Waals surface area contributed by atoms with E-state index in [0.29, 0.717) is 0 Å². The number of hydrogen-bond donors (Lipinski definition) is 0. The molecule has 2 nitrogen and oxygen atoms in total. The molecule has 80 valence electrons. The molecule has 0 aliphatic carbocycles. The molecule has 0 N–H and O–H groups in total. The Bertz CT molecular complexity index is 665. The van der Waals surface area contributed by atoms with E-state index >= 15 is 0 Å². The van der Waals surface area contributed by atoms with E-state index in [2.05, 4.69) is 47.7 Å². The molecule has 0 spiro atoms. The van der Waals surface area contributed by atoms with Crippen LogP contribution in [0.1, 0.15) is 12.5 Å². The monoisotopic (exact) mass is 210 g/mol. The van der Waals surface area contributed by atoms with Gasteiger partial charge in [0.05, 0.1) is 16.6 Å². The Labute approximate surface area is 94.5 Å². The quantitative estimate of drug-likeness (QED) is 0.601. The first-order valence-electron chi connectivity index (χ1n) is 5.65. The molecular weight excluding hydrogens is 196 g/mol. The van der Waals surface area contributed by atoms with E-state index in [0.717, 1.165) is 12.1 Å². The molecule has 0 aliphatic heterocycles. The van der Waals surface area contributed by atoms with Crippen LogP contribution >= 0.6 is 0 Å². The number of hydrogen-bond acceptors (Lipinski definition) is 1. The zero-order valence-corrected chi connectivity index (χ0v) is 9.57. The second kappa shape index (κ2) is 3.34. The van der Waals surface area contributed by atoms with Gasteiger partial charge in [0, 0.05) is 18.1 Å². The summed E-state index contributed by atoms with van der Waals surface area (Å²) in [4.78, 5) is 4.52. The number of pyridine rings is 1. The third-order valence-corrected chi connectivity index (χ3v) is 3.17. The van der Waals surface area contributed by atoms with Gasteiger partial charge in [-0.3, -0.25) is 4.98 Å². The predicted octanol–water partition coefficient (Wildman–Crippen LogP) is 3.52. The maximum Gasteiger partial charge on any atom is 0.0962 e. The summed E-state index contributed by atoms with van der Waals surface area (Å²) >= 11 is 0. The number of fused-ring (bicyclic) bond motifs is 3. The number of aryl methyl sites for hydroxylation is 2. The Morgan fingerprint density at radius 1 is 1.12 bits per heavy atom. The Kier molecular flexibility index (Phi) is 1.96. The highest BCUT2D eigenvalue weighted by Gasteiger charge is 2.10. The van der Waals surface area contributed by atoms with Crippen LogP contribution in [-0.2, 0) is 6.54 Å². The summed E-state index contributed by atoms with van der Waals surface area (Å²) in [6.45, 7) is 5.31. The highest BCUT2D eigenvalue weighted by molar-refractivity contribution is 6.07. The fraction of sp³-hybridized carbons (Fsp3) is 0.214. The van der Waals surface area contributed by atoms with Crippen LogP contribution in [0.15, 0.2) is 36.5 Å². The molecule has 3 aromatic rings. The topological polar surface area (TPSA) is 17.8 Å². The number of nitrogens with zero attached hydrogens (tertiary/aromatic N) is 2. The van der Waals surface area contributed by atoms with E-state index in [4.69, 9.17) is 0 Å². The average molecular weight is 210 g/mol. The summed E-state index contributed by atoms with van der Waals surface area (Å²) in [7, 11) is 0. The van der Waals surface area contributed by atoms with Crippen LogP contribution in [0.25, 0.3) is 21.9 Å². The Hall–Kier alpha value is -1.83. The highest BCUT2D eigenvalue weighted by Crippen LogP contribution is 2.29. The smallest absolute Gasteiger partial charge is 0.0962 e. The van der Waals surface area contributed by atoms with E-state index in [9.17, 15) is 0 Å². The summed E-state index contributed by atoms with van der Waals surface area (Å²) in [5.41, 5.74) is 4.94. The van der Waals surface area contributed by atoms with Crippen molar-refractivity contribution < 1.29 is 0 Å². The standard InChI is InChI=1S/C14H14N2/c1-3-16-11-7-4-6-10(2)13(11)14-12(16)8-5-9-15-14/h4-9H,3H2,1-2H3. The van der Waals surface area contributed by atoms with Gasteiger partial charge in [-0.1, -0.05) is 12.1 Å².